The molecule has 1 aliphatic heterocycles. The van der Waals surface area contributed by atoms with Crippen molar-refractivity contribution in [1.82, 2.24) is 4.90 Å². The topological polar surface area (TPSA) is 64.8 Å². The van der Waals surface area contributed by atoms with Crippen LogP contribution in [-0.4, -0.2) is 49.8 Å². The maximum Gasteiger partial charge on any atom is 0.253 e. The van der Waals surface area contributed by atoms with Crippen LogP contribution in [0.3, 0.4) is 0 Å². The molecule has 5 heteroatoms. The van der Waals surface area contributed by atoms with Crippen LogP contribution in [-0.2, 0) is 11.2 Å². The SMILES string of the molecule is NCCN(CCc1ccccc1)C(=O)c1ccc(OC2CCOCC2)cc1. The third-order valence-corrected chi connectivity index (χ3v) is 4.77. The van der Waals surface area contributed by atoms with Gasteiger partial charge in [0.2, 0.25) is 0 Å². The predicted octanol–water partition coefficient (Wildman–Crippen LogP) is 2.89. The van der Waals surface area contributed by atoms with E-state index in [9.17, 15) is 4.79 Å². The van der Waals surface area contributed by atoms with Crippen LogP contribution in [0.2, 0.25) is 0 Å². The molecule has 1 saturated heterocycles. The molecular formula is C22H28N2O3. The van der Waals surface area contributed by atoms with Gasteiger partial charge in [-0.1, -0.05) is 30.3 Å². The number of nitrogens with zero attached hydrogens (tertiary/aromatic N) is 1. The summed E-state index contributed by atoms with van der Waals surface area (Å²) in [6.45, 7) is 3.14. The van der Waals surface area contributed by atoms with Gasteiger partial charge < -0.3 is 20.1 Å². The zero-order valence-electron chi connectivity index (χ0n) is 15.7. The Morgan fingerprint density at radius 1 is 1.04 bits per heavy atom. The number of nitrogens with two attached hydrogens (primary N) is 1. The number of carbonyl (C=O) groups is 1. The summed E-state index contributed by atoms with van der Waals surface area (Å²) in [5.74, 6) is 0.808. The van der Waals surface area contributed by atoms with Gasteiger partial charge in [0.15, 0.2) is 0 Å². The lowest BCUT2D eigenvalue weighted by atomic mass is 10.1. The molecule has 2 N–H and O–H groups in total. The maximum absolute atomic E-state index is 12.9. The van der Waals surface area contributed by atoms with E-state index in [-0.39, 0.29) is 12.0 Å². The van der Waals surface area contributed by atoms with Crippen LogP contribution in [0.4, 0.5) is 0 Å². The zero-order chi connectivity index (χ0) is 18.9. The van der Waals surface area contributed by atoms with Crippen LogP contribution in [0.25, 0.3) is 0 Å². The molecular weight excluding hydrogens is 340 g/mol. The van der Waals surface area contributed by atoms with Gasteiger partial charge >= 0.3 is 0 Å². The van der Waals surface area contributed by atoms with E-state index in [1.807, 2.05) is 47.4 Å². The molecule has 3 rings (SSSR count). The minimum Gasteiger partial charge on any atom is -0.490 e. The molecule has 0 bridgehead atoms. The Bertz CT molecular complexity index is 697. The highest BCUT2D eigenvalue weighted by molar-refractivity contribution is 5.94. The second kappa shape index (κ2) is 10.1. The third kappa shape index (κ3) is 5.81. The summed E-state index contributed by atoms with van der Waals surface area (Å²) in [6.07, 6.45) is 2.83. The van der Waals surface area contributed by atoms with Gasteiger partial charge in [-0.15, -0.1) is 0 Å². The molecule has 1 fully saturated rings. The average Bonchev–Trinajstić information content (AvgIpc) is 2.73. The first-order valence-corrected chi connectivity index (χ1v) is 9.64. The molecule has 0 radical (unpaired) electrons. The minimum atomic E-state index is 0.00833. The first-order chi connectivity index (χ1) is 13.3. The highest BCUT2D eigenvalue weighted by atomic mass is 16.5. The van der Waals surface area contributed by atoms with Crippen molar-refractivity contribution in [2.45, 2.75) is 25.4 Å². The van der Waals surface area contributed by atoms with Crippen molar-refractivity contribution < 1.29 is 14.3 Å². The van der Waals surface area contributed by atoms with Gasteiger partial charge in [0.05, 0.1) is 13.2 Å². The van der Waals surface area contributed by atoms with Gasteiger partial charge in [-0.25, -0.2) is 0 Å². The lowest BCUT2D eigenvalue weighted by molar-refractivity contribution is 0.0256. The van der Waals surface area contributed by atoms with E-state index in [1.165, 1.54) is 5.56 Å². The van der Waals surface area contributed by atoms with Crippen LogP contribution in [0.15, 0.2) is 54.6 Å². The second-order valence-electron chi connectivity index (χ2n) is 6.77. The number of benzene rings is 2. The molecule has 0 atom stereocenters. The molecule has 1 amide bonds. The van der Waals surface area contributed by atoms with E-state index in [4.69, 9.17) is 15.2 Å². The molecule has 0 aromatic heterocycles. The monoisotopic (exact) mass is 368 g/mol. The fraction of sp³-hybridized carbons (Fsp3) is 0.409. The molecule has 144 valence electrons. The number of hydrogen-bond donors (Lipinski definition) is 1. The van der Waals surface area contributed by atoms with Crippen LogP contribution >= 0.6 is 0 Å². The van der Waals surface area contributed by atoms with Gasteiger partial charge in [-0.05, 0) is 36.2 Å². The van der Waals surface area contributed by atoms with Crippen LogP contribution in [0, 0.1) is 0 Å². The third-order valence-electron chi connectivity index (χ3n) is 4.77. The summed E-state index contributed by atoms with van der Waals surface area (Å²) >= 11 is 0. The van der Waals surface area contributed by atoms with Gasteiger partial charge in [0, 0.05) is 38.0 Å². The van der Waals surface area contributed by atoms with Crippen LogP contribution in [0.5, 0.6) is 5.75 Å². The molecule has 5 nitrogen and oxygen atoms in total. The number of amides is 1. The highest BCUT2D eigenvalue weighted by Crippen LogP contribution is 2.19. The van der Waals surface area contributed by atoms with Crippen LogP contribution < -0.4 is 10.5 Å². The number of ether oxygens (including phenoxy) is 2. The van der Waals surface area contributed by atoms with Crippen molar-refractivity contribution in [3.05, 3.63) is 65.7 Å². The Morgan fingerprint density at radius 3 is 2.41 bits per heavy atom. The summed E-state index contributed by atoms with van der Waals surface area (Å²) in [7, 11) is 0. The summed E-state index contributed by atoms with van der Waals surface area (Å²) in [5, 5.41) is 0. The largest absolute Gasteiger partial charge is 0.490 e. The molecule has 0 unspecified atom stereocenters. The Labute approximate surface area is 161 Å². The Morgan fingerprint density at radius 2 is 1.74 bits per heavy atom. The van der Waals surface area contributed by atoms with Gasteiger partial charge in [-0.3, -0.25) is 4.79 Å². The van der Waals surface area contributed by atoms with Crippen molar-refractivity contribution in [2.75, 3.05) is 32.8 Å². The molecule has 27 heavy (non-hydrogen) atoms. The van der Waals surface area contributed by atoms with Gasteiger partial charge in [-0.2, -0.15) is 0 Å². The van der Waals surface area contributed by atoms with E-state index >= 15 is 0 Å². The molecule has 2 aromatic carbocycles. The fourth-order valence-electron chi connectivity index (χ4n) is 3.22. The minimum absolute atomic E-state index is 0.00833. The Hall–Kier alpha value is -2.37. The summed E-state index contributed by atoms with van der Waals surface area (Å²) < 4.78 is 11.3. The van der Waals surface area contributed by atoms with Gasteiger partial charge in [0.1, 0.15) is 11.9 Å². The van der Waals surface area contributed by atoms with Crippen molar-refractivity contribution in [3.63, 3.8) is 0 Å². The smallest absolute Gasteiger partial charge is 0.253 e. The standard InChI is InChI=1S/C22H28N2O3/c23-13-15-24(14-10-18-4-2-1-3-5-18)22(25)19-6-8-20(9-7-19)27-21-11-16-26-17-12-21/h1-9,21H,10-17,23H2. The maximum atomic E-state index is 12.9. The molecule has 0 spiro atoms. The molecule has 0 aliphatic carbocycles. The normalized spacial score (nSPS) is 14.7. The lowest BCUT2D eigenvalue weighted by Gasteiger charge is -2.24. The molecule has 1 heterocycles. The summed E-state index contributed by atoms with van der Waals surface area (Å²) in [4.78, 5) is 14.7. The molecule has 2 aromatic rings. The van der Waals surface area contributed by atoms with Crippen molar-refractivity contribution >= 4 is 5.91 Å². The first-order valence-electron chi connectivity index (χ1n) is 9.64. The predicted molar refractivity (Wildman–Crippen MR) is 106 cm³/mol. The van der Waals surface area contributed by atoms with E-state index in [0.717, 1.165) is 38.2 Å². The molecule has 1 aliphatic rings. The van der Waals surface area contributed by atoms with Crippen molar-refractivity contribution in [1.29, 1.82) is 0 Å². The quantitative estimate of drug-likeness (QED) is 0.778. The second-order valence-corrected chi connectivity index (χ2v) is 6.77. The Kier molecular flexibility index (Phi) is 7.25. The highest BCUT2D eigenvalue weighted by Gasteiger charge is 2.17. The van der Waals surface area contributed by atoms with E-state index in [0.29, 0.717) is 25.2 Å². The van der Waals surface area contributed by atoms with E-state index < -0.39 is 0 Å². The van der Waals surface area contributed by atoms with Crippen LogP contribution in [0.1, 0.15) is 28.8 Å². The molecule has 0 saturated carbocycles. The fourth-order valence-corrected chi connectivity index (χ4v) is 3.22. The lowest BCUT2D eigenvalue weighted by Crippen LogP contribution is -2.36. The van der Waals surface area contributed by atoms with Crippen molar-refractivity contribution in [2.24, 2.45) is 5.73 Å². The Balaban J connectivity index is 1.59. The van der Waals surface area contributed by atoms with Gasteiger partial charge in [0.25, 0.3) is 5.91 Å². The number of rotatable bonds is 8. The average molecular weight is 368 g/mol. The van der Waals surface area contributed by atoms with E-state index in [1.54, 1.807) is 0 Å². The summed E-state index contributed by atoms with van der Waals surface area (Å²) in [5.41, 5.74) is 7.60. The van der Waals surface area contributed by atoms with E-state index in [2.05, 4.69) is 12.1 Å². The zero-order valence-corrected chi connectivity index (χ0v) is 15.7. The van der Waals surface area contributed by atoms with Crippen molar-refractivity contribution in [3.8, 4) is 5.75 Å². The number of carbonyl (C=O) groups excluding carboxylic acids is 1. The first kappa shape index (κ1) is 19.4. The number of hydrogen-bond acceptors (Lipinski definition) is 4. The summed E-state index contributed by atoms with van der Waals surface area (Å²) in [6, 6.07) is 17.6.